The van der Waals surface area contributed by atoms with E-state index in [0.29, 0.717) is 17.9 Å². The van der Waals surface area contributed by atoms with E-state index < -0.39 is 5.91 Å². The van der Waals surface area contributed by atoms with Gasteiger partial charge >= 0.3 is 0 Å². The zero-order valence-electron chi connectivity index (χ0n) is 10.7. The van der Waals surface area contributed by atoms with Crippen LogP contribution in [0.1, 0.15) is 41.4 Å². The smallest absolute Gasteiger partial charge is 0.252 e. The molecule has 2 rings (SSSR count). The van der Waals surface area contributed by atoms with E-state index >= 15 is 0 Å². The molecule has 1 unspecified atom stereocenters. The van der Waals surface area contributed by atoms with Crippen molar-refractivity contribution in [2.75, 3.05) is 11.9 Å². The van der Waals surface area contributed by atoms with Gasteiger partial charge in [0.25, 0.3) is 5.91 Å². The van der Waals surface area contributed by atoms with Gasteiger partial charge in [0, 0.05) is 18.3 Å². The molecule has 1 aromatic rings. The number of rotatable bonds is 5. The van der Waals surface area contributed by atoms with Crippen LogP contribution < -0.4 is 16.8 Å². The predicted molar refractivity (Wildman–Crippen MR) is 71.5 cm³/mol. The Labute approximate surface area is 107 Å². The summed E-state index contributed by atoms with van der Waals surface area (Å²) in [7, 11) is 0. The number of anilines is 1. The minimum atomic E-state index is -0.430. The van der Waals surface area contributed by atoms with Crippen LogP contribution in [0, 0.1) is 0 Å². The molecule has 0 aromatic carbocycles. The second-order valence-electron chi connectivity index (χ2n) is 4.90. The van der Waals surface area contributed by atoms with Gasteiger partial charge in [-0.05, 0) is 44.2 Å². The molecule has 1 aromatic heterocycles. The van der Waals surface area contributed by atoms with Crippen LogP contribution in [0.4, 0.5) is 5.82 Å². The molecule has 98 valence electrons. The zero-order chi connectivity index (χ0) is 13.1. The van der Waals surface area contributed by atoms with Crippen molar-refractivity contribution in [3.8, 4) is 0 Å². The standard InChI is InChI=1S/C13H20N4O/c1-8(14)5-6-16-13-10(12(15)18)7-9-3-2-4-11(9)17-13/h7-8H,2-6,14H2,1H3,(H2,15,18)(H,16,17). The summed E-state index contributed by atoms with van der Waals surface area (Å²) < 4.78 is 0. The molecule has 1 heterocycles. The lowest BCUT2D eigenvalue weighted by Gasteiger charge is -2.12. The van der Waals surface area contributed by atoms with E-state index in [1.54, 1.807) is 0 Å². The number of carbonyl (C=O) groups is 1. The number of aromatic nitrogens is 1. The Morgan fingerprint density at radius 1 is 1.56 bits per heavy atom. The summed E-state index contributed by atoms with van der Waals surface area (Å²) in [6.07, 6.45) is 3.90. The van der Waals surface area contributed by atoms with Gasteiger partial charge in [0.2, 0.25) is 0 Å². The third-order valence-electron chi connectivity index (χ3n) is 3.21. The second kappa shape index (κ2) is 5.35. The van der Waals surface area contributed by atoms with Gasteiger partial charge in [-0.3, -0.25) is 4.79 Å². The van der Waals surface area contributed by atoms with Gasteiger partial charge in [-0.15, -0.1) is 0 Å². The van der Waals surface area contributed by atoms with Crippen molar-refractivity contribution in [1.29, 1.82) is 0 Å². The Morgan fingerprint density at radius 2 is 2.33 bits per heavy atom. The number of carbonyl (C=O) groups excluding carboxylic acids is 1. The Balaban J connectivity index is 2.19. The van der Waals surface area contributed by atoms with Gasteiger partial charge < -0.3 is 16.8 Å². The maximum Gasteiger partial charge on any atom is 0.252 e. The first kappa shape index (κ1) is 12.8. The number of hydrogen-bond acceptors (Lipinski definition) is 4. The summed E-state index contributed by atoms with van der Waals surface area (Å²) in [6, 6.07) is 2.01. The average Bonchev–Trinajstić information content (AvgIpc) is 2.74. The van der Waals surface area contributed by atoms with Gasteiger partial charge in [-0.1, -0.05) is 0 Å². The third kappa shape index (κ3) is 2.79. The number of amides is 1. The number of nitrogens with one attached hydrogen (secondary N) is 1. The van der Waals surface area contributed by atoms with Crippen LogP contribution in [-0.4, -0.2) is 23.5 Å². The Morgan fingerprint density at radius 3 is 3.00 bits per heavy atom. The fourth-order valence-electron chi connectivity index (χ4n) is 2.21. The molecular formula is C13H20N4O. The summed E-state index contributed by atoms with van der Waals surface area (Å²) in [4.78, 5) is 16.0. The fraction of sp³-hybridized carbons (Fsp3) is 0.538. The number of fused-ring (bicyclic) bond motifs is 1. The van der Waals surface area contributed by atoms with Gasteiger partial charge in [0.1, 0.15) is 5.82 Å². The van der Waals surface area contributed by atoms with Crippen molar-refractivity contribution in [2.45, 2.75) is 38.6 Å². The van der Waals surface area contributed by atoms with Crippen molar-refractivity contribution >= 4 is 11.7 Å². The van der Waals surface area contributed by atoms with E-state index in [1.807, 2.05) is 13.0 Å². The van der Waals surface area contributed by atoms with Crippen molar-refractivity contribution in [1.82, 2.24) is 4.98 Å². The number of hydrogen-bond donors (Lipinski definition) is 3. The maximum absolute atomic E-state index is 11.4. The summed E-state index contributed by atoms with van der Waals surface area (Å²) in [5.74, 6) is 0.171. The molecule has 1 aliphatic rings. The first-order chi connectivity index (χ1) is 8.58. The van der Waals surface area contributed by atoms with E-state index in [2.05, 4.69) is 10.3 Å². The Hall–Kier alpha value is -1.62. The van der Waals surface area contributed by atoms with E-state index in [4.69, 9.17) is 11.5 Å². The highest BCUT2D eigenvalue weighted by Gasteiger charge is 2.18. The first-order valence-electron chi connectivity index (χ1n) is 6.40. The summed E-state index contributed by atoms with van der Waals surface area (Å²) in [5, 5.41) is 3.16. The molecule has 1 atom stereocenters. The lowest BCUT2D eigenvalue weighted by atomic mass is 10.1. The fourth-order valence-corrected chi connectivity index (χ4v) is 2.21. The Bertz CT molecular complexity index is 457. The van der Waals surface area contributed by atoms with Crippen LogP contribution in [0.25, 0.3) is 0 Å². The van der Waals surface area contributed by atoms with Gasteiger partial charge in [0.15, 0.2) is 0 Å². The lowest BCUT2D eigenvalue weighted by Crippen LogP contribution is -2.21. The van der Waals surface area contributed by atoms with E-state index in [-0.39, 0.29) is 6.04 Å². The molecular weight excluding hydrogens is 228 g/mol. The van der Waals surface area contributed by atoms with Gasteiger partial charge in [-0.2, -0.15) is 0 Å². The SMILES string of the molecule is CC(N)CCNc1nc2c(cc1C(N)=O)CCC2. The number of nitrogens with zero attached hydrogens (tertiary/aromatic N) is 1. The van der Waals surface area contributed by atoms with E-state index in [0.717, 1.165) is 36.9 Å². The molecule has 0 radical (unpaired) electrons. The molecule has 0 saturated carbocycles. The third-order valence-corrected chi connectivity index (χ3v) is 3.21. The molecule has 0 saturated heterocycles. The molecule has 0 bridgehead atoms. The maximum atomic E-state index is 11.4. The minimum absolute atomic E-state index is 0.129. The molecule has 5 nitrogen and oxygen atoms in total. The van der Waals surface area contributed by atoms with Gasteiger partial charge in [0.05, 0.1) is 5.56 Å². The number of nitrogens with two attached hydrogens (primary N) is 2. The summed E-state index contributed by atoms with van der Waals surface area (Å²) in [5.41, 5.74) is 13.8. The van der Waals surface area contributed by atoms with Crippen molar-refractivity contribution in [2.24, 2.45) is 11.5 Å². The highest BCUT2D eigenvalue weighted by atomic mass is 16.1. The lowest BCUT2D eigenvalue weighted by molar-refractivity contribution is 0.100. The van der Waals surface area contributed by atoms with Crippen molar-refractivity contribution < 1.29 is 4.79 Å². The molecule has 0 spiro atoms. The monoisotopic (exact) mass is 248 g/mol. The van der Waals surface area contributed by atoms with Crippen LogP contribution in [0.5, 0.6) is 0 Å². The van der Waals surface area contributed by atoms with Gasteiger partial charge in [-0.25, -0.2) is 4.98 Å². The molecule has 18 heavy (non-hydrogen) atoms. The zero-order valence-corrected chi connectivity index (χ0v) is 10.7. The second-order valence-corrected chi connectivity index (χ2v) is 4.90. The normalized spacial score (nSPS) is 15.2. The molecule has 1 aliphatic carbocycles. The number of aryl methyl sites for hydroxylation is 2. The van der Waals surface area contributed by atoms with Crippen LogP contribution in [0.3, 0.4) is 0 Å². The highest BCUT2D eigenvalue weighted by Crippen LogP contribution is 2.25. The van der Waals surface area contributed by atoms with Crippen molar-refractivity contribution in [3.05, 3.63) is 22.9 Å². The average molecular weight is 248 g/mol. The number of primary amides is 1. The van der Waals surface area contributed by atoms with E-state index in [9.17, 15) is 4.79 Å². The topological polar surface area (TPSA) is 94.0 Å². The first-order valence-corrected chi connectivity index (χ1v) is 6.40. The van der Waals surface area contributed by atoms with Crippen LogP contribution in [0.15, 0.2) is 6.07 Å². The summed E-state index contributed by atoms with van der Waals surface area (Å²) in [6.45, 7) is 2.65. The minimum Gasteiger partial charge on any atom is -0.369 e. The molecule has 5 heteroatoms. The molecule has 0 aliphatic heterocycles. The van der Waals surface area contributed by atoms with E-state index in [1.165, 1.54) is 0 Å². The highest BCUT2D eigenvalue weighted by molar-refractivity contribution is 5.97. The van der Waals surface area contributed by atoms with Crippen LogP contribution in [0.2, 0.25) is 0 Å². The van der Waals surface area contributed by atoms with Crippen LogP contribution >= 0.6 is 0 Å². The number of pyridine rings is 1. The quantitative estimate of drug-likeness (QED) is 0.719. The molecule has 5 N–H and O–H groups in total. The largest absolute Gasteiger partial charge is 0.369 e. The predicted octanol–water partition coefficient (Wildman–Crippen LogP) is 0.818. The molecule has 0 fully saturated rings. The Kier molecular flexibility index (Phi) is 3.81. The summed E-state index contributed by atoms with van der Waals surface area (Å²) >= 11 is 0. The molecule has 1 amide bonds. The van der Waals surface area contributed by atoms with Crippen LogP contribution in [-0.2, 0) is 12.8 Å². The van der Waals surface area contributed by atoms with Crippen molar-refractivity contribution in [3.63, 3.8) is 0 Å².